The molecule has 2 rings (SSSR count). The van der Waals surface area contributed by atoms with Crippen molar-refractivity contribution in [3.63, 3.8) is 0 Å². The fourth-order valence-corrected chi connectivity index (χ4v) is 2.54. The number of para-hydroxylation sites is 1. The molecule has 1 aliphatic rings. The number of nitrogens with zero attached hydrogens (tertiary/aromatic N) is 2. The molecule has 1 aliphatic heterocycles. The smallest absolute Gasteiger partial charge is 0.123 e. The molecule has 0 aliphatic carbocycles. The highest BCUT2D eigenvalue weighted by molar-refractivity contribution is 5.33. The fourth-order valence-electron chi connectivity index (χ4n) is 2.54. The molecule has 0 saturated carbocycles. The van der Waals surface area contributed by atoms with Crippen LogP contribution in [0.5, 0.6) is 5.75 Å². The van der Waals surface area contributed by atoms with Crippen LogP contribution in [0.15, 0.2) is 24.3 Å². The molecule has 0 aromatic heterocycles. The zero-order chi connectivity index (χ0) is 15.1. The van der Waals surface area contributed by atoms with Gasteiger partial charge in [-0.05, 0) is 32.4 Å². The van der Waals surface area contributed by atoms with Crippen molar-refractivity contribution in [3.05, 3.63) is 29.8 Å². The highest BCUT2D eigenvalue weighted by Gasteiger charge is 2.24. The summed E-state index contributed by atoms with van der Waals surface area (Å²) in [6, 6.07) is 10.6. The normalized spacial score (nSPS) is 18.0. The summed E-state index contributed by atoms with van der Waals surface area (Å²) in [5.41, 5.74) is 0.790. The first-order valence-corrected chi connectivity index (χ1v) is 7.76. The van der Waals surface area contributed by atoms with E-state index in [1.807, 2.05) is 25.1 Å². The molecule has 1 atom stereocenters. The Balaban J connectivity index is 1.93. The van der Waals surface area contributed by atoms with Crippen molar-refractivity contribution in [2.75, 3.05) is 26.2 Å². The molecule has 114 valence electrons. The zero-order valence-electron chi connectivity index (χ0n) is 13.1. The van der Waals surface area contributed by atoms with E-state index >= 15 is 0 Å². The van der Waals surface area contributed by atoms with E-state index < -0.39 is 5.54 Å². The number of rotatable bonds is 6. The van der Waals surface area contributed by atoms with E-state index in [0.29, 0.717) is 6.61 Å². The van der Waals surface area contributed by atoms with Gasteiger partial charge in [-0.2, -0.15) is 5.26 Å². The second kappa shape index (κ2) is 7.44. The van der Waals surface area contributed by atoms with Crippen LogP contribution in [0.3, 0.4) is 0 Å². The van der Waals surface area contributed by atoms with Crippen LogP contribution in [0.1, 0.15) is 32.3 Å². The molecule has 1 heterocycles. The van der Waals surface area contributed by atoms with Crippen LogP contribution in [0.4, 0.5) is 0 Å². The molecule has 21 heavy (non-hydrogen) atoms. The van der Waals surface area contributed by atoms with Crippen molar-refractivity contribution in [1.29, 1.82) is 5.26 Å². The summed E-state index contributed by atoms with van der Waals surface area (Å²) >= 11 is 0. The zero-order valence-corrected chi connectivity index (χ0v) is 13.1. The Morgan fingerprint density at radius 1 is 1.43 bits per heavy atom. The molecule has 0 spiro atoms. The lowest BCUT2D eigenvalue weighted by Crippen LogP contribution is -2.44. The second-order valence-electron chi connectivity index (χ2n) is 5.85. The molecular formula is C17H25N3O. The van der Waals surface area contributed by atoms with Crippen molar-refractivity contribution in [2.45, 2.75) is 38.8 Å². The highest BCUT2D eigenvalue weighted by atomic mass is 16.5. The average Bonchev–Trinajstić information content (AvgIpc) is 2.73. The summed E-state index contributed by atoms with van der Waals surface area (Å²) in [5, 5.41) is 12.7. The van der Waals surface area contributed by atoms with E-state index in [9.17, 15) is 5.26 Å². The maximum atomic E-state index is 9.40. The molecule has 0 saturated heterocycles. The Labute approximate surface area is 127 Å². The minimum Gasteiger partial charge on any atom is -0.492 e. The summed E-state index contributed by atoms with van der Waals surface area (Å²) < 4.78 is 5.78. The van der Waals surface area contributed by atoms with Gasteiger partial charge in [0.15, 0.2) is 0 Å². The largest absolute Gasteiger partial charge is 0.492 e. The first-order chi connectivity index (χ1) is 10.2. The van der Waals surface area contributed by atoms with Gasteiger partial charge in [0.2, 0.25) is 0 Å². The monoisotopic (exact) mass is 287 g/mol. The molecule has 4 heteroatoms. The maximum absolute atomic E-state index is 9.40. The predicted octanol–water partition coefficient (Wildman–Crippen LogP) is 2.55. The fraction of sp³-hybridized carbons (Fsp3) is 0.588. The summed E-state index contributed by atoms with van der Waals surface area (Å²) in [6.45, 7) is 8.41. The van der Waals surface area contributed by atoms with Crippen LogP contribution in [-0.4, -0.2) is 36.7 Å². The lowest BCUT2D eigenvalue weighted by atomic mass is 9.99. The van der Waals surface area contributed by atoms with Crippen LogP contribution in [0.25, 0.3) is 0 Å². The first kappa shape index (κ1) is 15.8. The van der Waals surface area contributed by atoms with Crippen molar-refractivity contribution >= 4 is 0 Å². The first-order valence-electron chi connectivity index (χ1n) is 7.76. The van der Waals surface area contributed by atoms with E-state index in [1.165, 1.54) is 5.56 Å². The van der Waals surface area contributed by atoms with E-state index in [-0.39, 0.29) is 0 Å². The van der Waals surface area contributed by atoms with E-state index in [4.69, 9.17) is 4.74 Å². The number of hydrogen-bond acceptors (Lipinski definition) is 4. The van der Waals surface area contributed by atoms with Crippen LogP contribution in [0, 0.1) is 11.3 Å². The lowest BCUT2D eigenvalue weighted by molar-refractivity contribution is 0.210. The maximum Gasteiger partial charge on any atom is 0.123 e. The second-order valence-corrected chi connectivity index (χ2v) is 5.85. The summed E-state index contributed by atoms with van der Waals surface area (Å²) in [5.74, 6) is 0.993. The van der Waals surface area contributed by atoms with Gasteiger partial charge in [0, 0.05) is 25.2 Å². The average molecular weight is 287 g/mol. The van der Waals surface area contributed by atoms with E-state index in [2.05, 4.69) is 29.3 Å². The van der Waals surface area contributed by atoms with Gasteiger partial charge in [0.25, 0.3) is 0 Å². The summed E-state index contributed by atoms with van der Waals surface area (Å²) in [4.78, 5) is 2.37. The lowest BCUT2D eigenvalue weighted by Gasteiger charge is -2.27. The molecule has 1 aromatic rings. The van der Waals surface area contributed by atoms with Gasteiger partial charge in [-0.1, -0.05) is 25.1 Å². The third-order valence-electron chi connectivity index (χ3n) is 3.97. The molecule has 1 aromatic carbocycles. The predicted molar refractivity (Wildman–Crippen MR) is 84.1 cm³/mol. The highest BCUT2D eigenvalue weighted by Crippen LogP contribution is 2.23. The van der Waals surface area contributed by atoms with Crippen molar-refractivity contribution in [1.82, 2.24) is 10.2 Å². The molecule has 1 unspecified atom stereocenters. The third kappa shape index (κ3) is 4.45. The quantitative estimate of drug-likeness (QED) is 0.873. The Morgan fingerprint density at radius 3 is 3.00 bits per heavy atom. The number of hydrogen-bond donors (Lipinski definition) is 1. The van der Waals surface area contributed by atoms with Crippen molar-refractivity contribution in [2.24, 2.45) is 0 Å². The number of ether oxygens (including phenoxy) is 1. The Bertz CT molecular complexity index is 497. The van der Waals surface area contributed by atoms with Gasteiger partial charge in [0.1, 0.15) is 17.9 Å². The van der Waals surface area contributed by atoms with Gasteiger partial charge in [0.05, 0.1) is 6.07 Å². The van der Waals surface area contributed by atoms with Gasteiger partial charge < -0.3 is 4.74 Å². The Morgan fingerprint density at radius 2 is 2.24 bits per heavy atom. The molecule has 1 N–H and O–H groups in total. The van der Waals surface area contributed by atoms with Gasteiger partial charge in [-0.15, -0.1) is 0 Å². The minimum atomic E-state index is -0.442. The molecule has 0 fully saturated rings. The van der Waals surface area contributed by atoms with Crippen molar-refractivity contribution < 1.29 is 4.74 Å². The van der Waals surface area contributed by atoms with Gasteiger partial charge in [-0.3, -0.25) is 10.2 Å². The van der Waals surface area contributed by atoms with Crippen LogP contribution >= 0.6 is 0 Å². The topological polar surface area (TPSA) is 48.3 Å². The molecular weight excluding hydrogens is 262 g/mol. The van der Waals surface area contributed by atoms with Crippen LogP contribution in [0.2, 0.25) is 0 Å². The number of nitrogens with one attached hydrogen (secondary N) is 1. The van der Waals surface area contributed by atoms with Gasteiger partial charge >= 0.3 is 0 Å². The number of benzene rings is 1. The van der Waals surface area contributed by atoms with E-state index in [1.54, 1.807) is 0 Å². The SMILES string of the molecule is CCCNC(C)(C#N)CCN1CCOc2ccccc2C1. The van der Waals surface area contributed by atoms with Crippen molar-refractivity contribution in [3.8, 4) is 11.8 Å². The Hall–Kier alpha value is -1.57. The molecule has 0 radical (unpaired) electrons. The summed E-state index contributed by atoms with van der Waals surface area (Å²) in [7, 11) is 0. The number of nitriles is 1. The van der Waals surface area contributed by atoms with E-state index in [0.717, 1.165) is 44.8 Å². The van der Waals surface area contributed by atoms with Crippen LogP contribution in [-0.2, 0) is 6.54 Å². The van der Waals surface area contributed by atoms with Crippen LogP contribution < -0.4 is 10.1 Å². The minimum absolute atomic E-state index is 0.442. The number of fused-ring (bicyclic) bond motifs is 1. The Kier molecular flexibility index (Phi) is 5.60. The van der Waals surface area contributed by atoms with Gasteiger partial charge in [-0.25, -0.2) is 0 Å². The molecule has 0 amide bonds. The standard InChI is InChI=1S/C17H25N3O/c1-3-9-19-17(2,14-18)8-10-20-11-12-21-16-7-5-4-6-15(16)13-20/h4-7,19H,3,8-13H2,1-2H3. The summed E-state index contributed by atoms with van der Waals surface area (Å²) in [6.07, 6.45) is 1.87. The molecule has 0 bridgehead atoms. The molecule has 4 nitrogen and oxygen atoms in total. The third-order valence-corrected chi connectivity index (χ3v) is 3.97.